The predicted molar refractivity (Wildman–Crippen MR) is 84.9 cm³/mol. The molecule has 0 aromatic rings. The van der Waals surface area contributed by atoms with Crippen molar-refractivity contribution in [1.29, 1.82) is 0 Å². The van der Waals surface area contributed by atoms with Crippen molar-refractivity contribution >= 4 is 9.84 Å². The molecule has 4 saturated carbocycles. The molecule has 4 bridgehead atoms. The second-order valence-corrected chi connectivity index (χ2v) is 10.9. The third kappa shape index (κ3) is 2.46. The second kappa shape index (κ2) is 4.95. The summed E-state index contributed by atoms with van der Waals surface area (Å²) in [4.78, 5) is 0. The second-order valence-electron chi connectivity index (χ2n) is 8.54. The molecule has 0 aromatic heterocycles. The van der Waals surface area contributed by atoms with E-state index in [4.69, 9.17) is 0 Å². The highest BCUT2D eigenvalue weighted by atomic mass is 32.2. The summed E-state index contributed by atoms with van der Waals surface area (Å²) >= 11 is 0. The summed E-state index contributed by atoms with van der Waals surface area (Å²) in [6.45, 7) is 3.01. The first kappa shape index (κ1) is 14.5. The van der Waals surface area contributed by atoms with Crippen LogP contribution in [0, 0.1) is 23.2 Å². The van der Waals surface area contributed by atoms with Gasteiger partial charge in [0.05, 0.1) is 11.0 Å². The van der Waals surface area contributed by atoms with E-state index in [0.717, 1.165) is 30.6 Å². The Labute approximate surface area is 129 Å². The molecule has 1 saturated heterocycles. The Morgan fingerprint density at radius 3 is 2.14 bits per heavy atom. The lowest BCUT2D eigenvalue weighted by Gasteiger charge is -2.59. The fourth-order valence-corrected chi connectivity index (χ4v) is 8.10. The lowest BCUT2D eigenvalue weighted by molar-refractivity contribution is -0.0702. The Morgan fingerprint density at radius 1 is 1.10 bits per heavy atom. The highest BCUT2D eigenvalue weighted by Gasteiger charge is 2.53. The van der Waals surface area contributed by atoms with Gasteiger partial charge >= 0.3 is 0 Å². The lowest BCUT2D eigenvalue weighted by Crippen LogP contribution is -2.55. The average Bonchev–Trinajstić information content (AvgIpc) is 2.73. The van der Waals surface area contributed by atoms with E-state index in [1.165, 1.54) is 38.5 Å². The molecule has 120 valence electrons. The molecule has 0 radical (unpaired) electrons. The van der Waals surface area contributed by atoms with Gasteiger partial charge in [0.1, 0.15) is 0 Å². The van der Waals surface area contributed by atoms with E-state index >= 15 is 0 Å². The van der Waals surface area contributed by atoms with E-state index in [1.807, 2.05) is 0 Å². The normalized spacial score (nSPS) is 48.6. The monoisotopic (exact) mass is 311 g/mol. The van der Waals surface area contributed by atoms with Gasteiger partial charge in [-0.3, -0.25) is 0 Å². The van der Waals surface area contributed by atoms with Crippen LogP contribution in [0.1, 0.15) is 58.3 Å². The van der Waals surface area contributed by atoms with Gasteiger partial charge < -0.3 is 5.32 Å². The van der Waals surface area contributed by atoms with E-state index in [9.17, 15) is 8.42 Å². The van der Waals surface area contributed by atoms with Crippen molar-refractivity contribution in [3.05, 3.63) is 0 Å². The van der Waals surface area contributed by atoms with Crippen molar-refractivity contribution in [2.45, 2.75) is 69.6 Å². The van der Waals surface area contributed by atoms with E-state index in [0.29, 0.717) is 23.8 Å². The number of hydrogen-bond acceptors (Lipinski definition) is 3. The van der Waals surface area contributed by atoms with Crippen LogP contribution in [0.15, 0.2) is 0 Å². The van der Waals surface area contributed by atoms with Crippen LogP contribution < -0.4 is 5.32 Å². The quantitative estimate of drug-likeness (QED) is 0.868. The van der Waals surface area contributed by atoms with Gasteiger partial charge in [-0.05, 0) is 81.5 Å². The first-order chi connectivity index (χ1) is 9.97. The van der Waals surface area contributed by atoms with Crippen molar-refractivity contribution in [2.24, 2.45) is 23.2 Å². The number of sulfone groups is 1. The molecule has 0 amide bonds. The minimum absolute atomic E-state index is 0.117. The Kier molecular flexibility index (Phi) is 3.42. The maximum Gasteiger partial charge on any atom is 0.154 e. The summed E-state index contributed by atoms with van der Waals surface area (Å²) in [7, 11) is -2.80. The molecule has 4 aliphatic carbocycles. The van der Waals surface area contributed by atoms with Gasteiger partial charge in [-0.25, -0.2) is 8.42 Å². The third-order valence-corrected chi connectivity index (χ3v) is 9.39. The molecule has 2 unspecified atom stereocenters. The van der Waals surface area contributed by atoms with Crippen molar-refractivity contribution in [2.75, 3.05) is 12.3 Å². The molecule has 1 aliphatic heterocycles. The Morgan fingerprint density at radius 2 is 1.67 bits per heavy atom. The molecule has 5 aliphatic rings. The average molecular weight is 311 g/mol. The number of nitrogens with one attached hydrogen (secondary N) is 1. The van der Waals surface area contributed by atoms with Crippen molar-refractivity contribution in [3.8, 4) is 0 Å². The molecule has 5 fully saturated rings. The van der Waals surface area contributed by atoms with Crippen LogP contribution in [0.5, 0.6) is 0 Å². The molecule has 4 heteroatoms. The summed E-state index contributed by atoms with van der Waals surface area (Å²) in [6, 6.07) is 0.488. The topological polar surface area (TPSA) is 46.2 Å². The van der Waals surface area contributed by atoms with Crippen LogP contribution in [0.2, 0.25) is 0 Å². The highest BCUT2D eigenvalue weighted by molar-refractivity contribution is 7.92. The molecule has 21 heavy (non-hydrogen) atoms. The summed E-state index contributed by atoms with van der Waals surface area (Å²) in [5, 5.41) is 3.54. The molecule has 3 nitrogen and oxygen atoms in total. The van der Waals surface area contributed by atoms with Gasteiger partial charge in [0.25, 0.3) is 0 Å². The van der Waals surface area contributed by atoms with Gasteiger partial charge in [-0.15, -0.1) is 0 Å². The van der Waals surface area contributed by atoms with Crippen LogP contribution in [-0.2, 0) is 9.84 Å². The molecule has 2 atom stereocenters. The highest BCUT2D eigenvalue weighted by Crippen LogP contribution is 2.61. The number of rotatable bonds is 4. The molecule has 5 rings (SSSR count). The minimum atomic E-state index is -2.80. The molecule has 0 spiro atoms. The minimum Gasteiger partial charge on any atom is -0.312 e. The zero-order valence-electron chi connectivity index (χ0n) is 13.2. The van der Waals surface area contributed by atoms with Crippen LogP contribution in [0.4, 0.5) is 0 Å². The Balaban J connectivity index is 1.42. The SMILES string of the molecule is CC(NCC1CCCS1(=O)=O)C12CC3CC(CC(C3)C1)C2. The zero-order valence-corrected chi connectivity index (χ0v) is 14.0. The van der Waals surface area contributed by atoms with Crippen LogP contribution >= 0.6 is 0 Å². The van der Waals surface area contributed by atoms with Gasteiger partial charge in [0.15, 0.2) is 9.84 Å². The Bertz CT molecular complexity index is 478. The van der Waals surface area contributed by atoms with E-state index < -0.39 is 9.84 Å². The van der Waals surface area contributed by atoms with Gasteiger partial charge in [-0.2, -0.15) is 0 Å². The van der Waals surface area contributed by atoms with Gasteiger partial charge in [-0.1, -0.05) is 0 Å². The standard InChI is InChI=1S/C17H29NO2S/c1-12(18-11-16-3-2-4-21(16,19)20)17-8-13-5-14(9-17)7-15(6-13)10-17/h12-16,18H,2-11H2,1H3. The third-order valence-electron chi connectivity index (χ3n) is 7.12. The summed E-state index contributed by atoms with van der Waals surface area (Å²) in [6.07, 6.45) is 10.3. The van der Waals surface area contributed by atoms with Crippen LogP contribution in [0.3, 0.4) is 0 Å². The maximum atomic E-state index is 12.0. The van der Waals surface area contributed by atoms with Crippen molar-refractivity contribution in [1.82, 2.24) is 5.32 Å². The fraction of sp³-hybridized carbons (Fsp3) is 1.00. The lowest BCUT2D eigenvalue weighted by atomic mass is 9.48. The summed E-state index contributed by atoms with van der Waals surface area (Å²) in [5.41, 5.74) is 0.483. The smallest absolute Gasteiger partial charge is 0.154 e. The maximum absolute atomic E-state index is 12.0. The predicted octanol–water partition coefficient (Wildman–Crippen LogP) is 2.76. The first-order valence-electron chi connectivity index (χ1n) is 8.92. The first-order valence-corrected chi connectivity index (χ1v) is 10.6. The van der Waals surface area contributed by atoms with Crippen molar-refractivity contribution < 1.29 is 8.42 Å². The van der Waals surface area contributed by atoms with E-state index in [1.54, 1.807) is 0 Å². The van der Waals surface area contributed by atoms with Crippen LogP contribution in [0.25, 0.3) is 0 Å². The van der Waals surface area contributed by atoms with E-state index in [2.05, 4.69) is 12.2 Å². The van der Waals surface area contributed by atoms with Gasteiger partial charge in [0.2, 0.25) is 0 Å². The molecular weight excluding hydrogens is 282 g/mol. The zero-order chi connectivity index (χ0) is 14.7. The largest absolute Gasteiger partial charge is 0.312 e. The fourth-order valence-electron chi connectivity index (χ4n) is 6.32. The van der Waals surface area contributed by atoms with Crippen molar-refractivity contribution in [3.63, 3.8) is 0 Å². The molecular formula is C17H29NO2S. The molecule has 0 aromatic carbocycles. The number of hydrogen-bond donors (Lipinski definition) is 1. The summed E-state index contributed by atoms with van der Waals surface area (Å²) in [5.74, 6) is 3.31. The van der Waals surface area contributed by atoms with Gasteiger partial charge in [0, 0.05) is 12.6 Å². The van der Waals surface area contributed by atoms with Crippen LogP contribution in [-0.4, -0.2) is 32.0 Å². The molecule has 1 N–H and O–H groups in total. The Hall–Kier alpha value is -0.0900. The summed E-state index contributed by atoms with van der Waals surface area (Å²) < 4.78 is 24.0. The van der Waals surface area contributed by atoms with E-state index in [-0.39, 0.29) is 5.25 Å². The molecule has 1 heterocycles.